The van der Waals surface area contributed by atoms with Crippen LogP contribution in [-0.2, 0) is 21.4 Å². The lowest BCUT2D eigenvalue weighted by Crippen LogP contribution is -2.30. The molecule has 4 nitrogen and oxygen atoms in total. The highest BCUT2D eigenvalue weighted by Crippen LogP contribution is 2.44. The summed E-state index contributed by atoms with van der Waals surface area (Å²) < 4.78 is 10.9. The van der Waals surface area contributed by atoms with Crippen molar-refractivity contribution in [3.8, 4) is 11.5 Å². The quantitative estimate of drug-likeness (QED) is 0.133. The molecule has 0 saturated heterocycles. The molecular formula is C33H32O4. The molecule has 0 saturated carbocycles. The second-order valence-corrected chi connectivity index (χ2v) is 8.96. The van der Waals surface area contributed by atoms with Gasteiger partial charge in [-0.05, 0) is 59.4 Å². The predicted octanol–water partition coefficient (Wildman–Crippen LogP) is 7.28. The molecule has 0 spiro atoms. The average molecular weight is 493 g/mol. The van der Waals surface area contributed by atoms with E-state index in [9.17, 15) is 9.59 Å². The SMILES string of the molecule is CCC(=O)Oc1ccc(C(CCc2ccccc2)(c2ccccc2)c2ccc(OC(=O)CC)cc2)cc1. The molecule has 4 aromatic rings. The van der Waals surface area contributed by atoms with Gasteiger partial charge in [0.05, 0.1) is 0 Å². The number of ether oxygens (including phenoxy) is 2. The van der Waals surface area contributed by atoms with E-state index < -0.39 is 5.41 Å². The number of aryl methyl sites for hydroxylation is 1. The van der Waals surface area contributed by atoms with E-state index in [1.807, 2.05) is 60.7 Å². The van der Waals surface area contributed by atoms with Gasteiger partial charge in [-0.25, -0.2) is 0 Å². The van der Waals surface area contributed by atoms with Gasteiger partial charge in [-0.3, -0.25) is 9.59 Å². The number of hydrogen-bond donors (Lipinski definition) is 0. The van der Waals surface area contributed by atoms with E-state index in [2.05, 4.69) is 48.5 Å². The highest BCUT2D eigenvalue weighted by molar-refractivity contribution is 5.72. The predicted molar refractivity (Wildman–Crippen MR) is 146 cm³/mol. The minimum absolute atomic E-state index is 0.261. The van der Waals surface area contributed by atoms with Crippen molar-refractivity contribution in [1.82, 2.24) is 0 Å². The Balaban J connectivity index is 1.83. The summed E-state index contributed by atoms with van der Waals surface area (Å²) in [7, 11) is 0. The topological polar surface area (TPSA) is 52.6 Å². The van der Waals surface area contributed by atoms with Crippen LogP contribution in [0.3, 0.4) is 0 Å². The van der Waals surface area contributed by atoms with Crippen molar-refractivity contribution in [2.45, 2.75) is 44.9 Å². The Labute approximate surface area is 218 Å². The summed E-state index contributed by atoms with van der Waals surface area (Å²) in [4.78, 5) is 23.7. The van der Waals surface area contributed by atoms with Crippen molar-refractivity contribution in [2.75, 3.05) is 0 Å². The molecule has 0 aliphatic carbocycles. The molecule has 4 aromatic carbocycles. The fourth-order valence-corrected chi connectivity index (χ4v) is 4.65. The van der Waals surface area contributed by atoms with E-state index in [1.165, 1.54) is 5.56 Å². The summed E-state index contributed by atoms with van der Waals surface area (Å²) in [6.45, 7) is 3.56. The standard InChI is InChI=1S/C33H32O4/c1-3-31(34)36-29-19-15-27(16-20-29)33(26-13-9-6-10-14-26,24-23-25-11-7-5-8-12-25)28-17-21-30(22-18-28)37-32(35)4-2/h5-22H,3-4,23-24H2,1-2H3. The van der Waals surface area contributed by atoms with E-state index in [-0.39, 0.29) is 11.9 Å². The van der Waals surface area contributed by atoms with Gasteiger partial charge in [0.2, 0.25) is 0 Å². The Morgan fingerprint density at radius 1 is 0.568 bits per heavy atom. The molecule has 0 aromatic heterocycles. The lowest BCUT2D eigenvalue weighted by atomic mass is 9.66. The molecule has 188 valence electrons. The lowest BCUT2D eigenvalue weighted by Gasteiger charge is -2.36. The van der Waals surface area contributed by atoms with Crippen molar-refractivity contribution in [3.63, 3.8) is 0 Å². The van der Waals surface area contributed by atoms with Crippen molar-refractivity contribution in [2.24, 2.45) is 0 Å². The maximum atomic E-state index is 11.8. The minimum Gasteiger partial charge on any atom is -0.427 e. The van der Waals surface area contributed by atoms with Crippen LogP contribution in [0.25, 0.3) is 0 Å². The first kappa shape index (κ1) is 25.9. The first-order valence-corrected chi connectivity index (χ1v) is 12.8. The zero-order valence-electron chi connectivity index (χ0n) is 21.4. The molecule has 0 fully saturated rings. The number of carbonyl (C=O) groups excluding carboxylic acids is 2. The van der Waals surface area contributed by atoms with Crippen molar-refractivity contribution in [3.05, 3.63) is 131 Å². The van der Waals surface area contributed by atoms with Crippen molar-refractivity contribution < 1.29 is 19.1 Å². The number of rotatable bonds is 10. The molecule has 0 unspecified atom stereocenters. The zero-order chi connectivity index (χ0) is 26.1. The monoisotopic (exact) mass is 492 g/mol. The molecule has 0 radical (unpaired) electrons. The molecule has 0 heterocycles. The molecule has 4 heteroatoms. The van der Waals surface area contributed by atoms with Gasteiger partial charge < -0.3 is 9.47 Å². The normalized spacial score (nSPS) is 11.1. The Bertz CT molecular complexity index is 1230. The lowest BCUT2D eigenvalue weighted by molar-refractivity contribution is -0.134. The Morgan fingerprint density at radius 3 is 1.41 bits per heavy atom. The van der Waals surface area contributed by atoms with Gasteiger partial charge in [-0.2, -0.15) is 0 Å². The Kier molecular flexibility index (Phi) is 8.52. The highest BCUT2D eigenvalue weighted by Gasteiger charge is 2.36. The summed E-state index contributed by atoms with van der Waals surface area (Å²) in [6, 6.07) is 36.5. The fourth-order valence-electron chi connectivity index (χ4n) is 4.65. The molecule has 0 aliphatic rings. The summed E-state index contributed by atoms with van der Waals surface area (Å²) in [5, 5.41) is 0. The van der Waals surface area contributed by atoms with E-state index in [0.717, 1.165) is 29.5 Å². The van der Waals surface area contributed by atoms with E-state index in [0.29, 0.717) is 24.3 Å². The maximum Gasteiger partial charge on any atom is 0.310 e. The summed E-state index contributed by atoms with van der Waals surface area (Å²) in [5.74, 6) is 0.539. The van der Waals surface area contributed by atoms with Gasteiger partial charge >= 0.3 is 11.9 Å². The van der Waals surface area contributed by atoms with Crippen LogP contribution >= 0.6 is 0 Å². The number of benzene rings is 4. The first-order valence-electron chi connectivity index (χ1n) is 12.8. The second kappa shape index (κ2) is 12.2. The van der Waals surface area contributed by atoms with Gasteiger partial charge in [-0.1, -0.05) is 98.8 Å². The number of hydrogen-bond acceptors (Lipinski definition) is 4. The van der Waals surface area contributed by atoms with Crippen LogP contribution in [0, 0.1) is 0 Å². The fraction of sp³-hybridized carbons (Fsp3) is 0.212. The van der Waals surface area contributed by atoms with Crippen molar-refractivity contribution >= 4 is 11.9 Å². The van der Waals surface area contributed by atoms with E-state index >= 15 is 0 Å². The van der Waals surface area contributed by atoms with Crippen LogP contribution in [0.5, 0.6) is 11.5 Å². The maximum absolute atomic E-state index is 11.8. The van der Waals surface area contributed by atoms with E-state index in [1.54, 1.807) is 13.8 Å². The van der Waals surface area contributed by atoms with Crippen LogP contribution in [0.4, 0.5) is 0 Å². The van der Waals surface area contributed by atoms with Crippen LogP contribution in [-0.4, -0.2) is 11.9 Å². The molecule has 0 N–H and O–H groups in total. The third kappa shape index (κ3) is 6.15. The molecule has 37 heavy (non-hydrogen) atoms. The summed E-state index contributed by atoms with van der Waals surface area (Å²) in [6.07, 6.45) is 2.31. The van der Waals surface area contributed by atoms with Crippen molar-refractivity contribution in [1.29, 1.82) is 0 Å². The van der Waals surface area contributed by atoms with Crippen LogP contribution < -0.4 is 9.47 Å². The average Bonchev–Trinajstić information content (AvgIpc) is 2.96. The summed E-state index contributed by atoms with van der Waals surface area (Å²) >= 11 is 0. The smallest absolute Gasteiger partial charge is 0.310 e. The molecule has 0 bridgehead atoms. The summed E-state index contributed by atoms with van der Waals surface area (Å²) in [5.41, 5.74) is 4.10. The van der Waals surface area contributed by atoms with Crippen LogP contribution in [0.1, 0.15) is 55.4 Å². The largest absolute Gasteiger partial charge is 0.427 e. The minimum atomic E-state index is -0.488. The molecule has 0 amide bonds. The molecule has 0 atom stereocenters. The third-order valence-corrected chi connectivity index (χ3v) is 6.63. The third-order valence-electron chi connectivity index (χ3n) is 6.63. The molecule has 0 aliphatic heterocycles. The van der Waals surface area contributed by atoms with Gasteiger partial charge in [0.15, 0.2) is 0 Å². The van der Waals surface area contributed by atoms with Gasteiger partial charge in [0.1, 0.15) is 11.5 Å². The van der Waals surface area contributed by atoms with Gasteiger partial charge in [0.25, 0.3) is 0 Å². The Morgan fingerprint density at radius 2 is 0.973 bits per heavy atom. The molecule has 4 rings (SSSR count). The molecular weight excluding hydrogens is 460 g/mol. The second-order valence-electron chi connectivity index (χ2n) is 8.96. The van der Waals surface area contributed by atoms with Crippen LogP contribution in [0.15, 0.2) is 109 Å². The zero-order valence-corrected chi connectivity index (χ0v) is 21.4. The number of carbonyl (C=O) groups is 2. The number of esters is 2. The Hall–Kier alpha value is -4.18. The van der Waals surface area contributed by atoms with Crippen LogP contribution in [0.2, 0.25) is 0 Å². The van der Waals surface area contributed by atoms with E-state index in [4.69, 9.17) is 9.47 Å². The first-order chi connectivity index (χ1) is 18.0. The van der Waals surface area contributed by atoms with Gasteiger partial charge in [0, 0.05) is 18.3 Å². The highest BCUT2D eigenvalue weighted by atomic mass is 16.5. The van der Waals surface area contributed by atoms with Gasteiger partial charge in [-0.15, -0.1) is 0 Å².